The summed E-state index contributed by atoms with van der Waals surface area (Å²) in [6.07, 6.45) is 1.61. The Labute approximate surface area is 125 Å². The minimum atomic E-state index is -0.771. The van der Waals surface area contributed by atoms with E-state index in [0.717, 1.165) is 31.0 Å². The van der Waals surface area contributed by atoms with Gasteiger partial charge in [0.2, 0.25) is 0 Å². The van der Waals surface area contributed by atoms with Crippen LogP contribution in [0.1, 0.15) is 30.1 Å². The number of non-ortho nitro benzene ring substituents is 2. The third kappa shape index (κ3) is 3.55. The molecule has 0 spiro atoms. The molecule has 9 heteroatoms. The van der Waals surface area contributed by atoms with Crippen molar-refractivity contribution < 1.29 is 19.4 Å². The summed E-state index contributed by atoms with van der Waals surface area (Å²) in [5, 5.41) is 24.3. The Balaban J connectivity index is 2.20. The van der Waals surface area contributed by atoms with Crippen LogP contribution >= 0.6 is 0 Å². The van der Waals surface area contributed by atoms with Crippen LogP contribution in [0.15, 0.2) is 18.2 Å². The van der Waals surface area contributed by atoms with Gasteiger partial charge in [-0.1, -0.05) is 0 Å². The molecule has 0 unspecified atom stereocenters. The van der Waals surface area contributed by atoms with Gasteiger partial charge in [-0.05, 0) is 19.8 Å². The number of nitro groups is 2. The minimum Gasteiger partial charge on any atom is -0.376 e. The predicted octanol–water partition coefficient (Wildman–Crippen LogP) is 1.80. The second-order valence-corrected chi connectivity index (χ2v) is 5.07. The van der Waals surface area contributed by atoms with Crippen molar-refractivity contribution in [1.29, 1.82) is 0 Å². The predicted molar refractivity (Wildman–Crippen MR) is 75.7 cm³/mol. The number of nitrogens with zero attached hydrogens (tertiary/aromatic N) is 2. The lowest BCUT2D eigenvalue weighted by Gasteiger charge is -2.19. The minimum absolute atomic E-state index is 0.113. The summed E-state index contributed by atoms with van der Waals surface area (Å²) >= 11 is 0. The number of ether oxygens (including phenoxy) is 1. The van der Waals surface area contributed by atoms with Crippen LogP contribution < -0.4 is 5.32 Å². The Bertz CT molecular complexity index is 580. The van der Waals surface area contributed by atoms with Crippen molar-refractivity contribution in [1.82, 2.24) is 5.32 Å². The monoisotopic (exact) mass is 309 g/mol. The number of nitrogens with one attached hydrogen (secondary N) is 1. The van der Waals surface area contributed by atoms with Crippen molar-refractivity contribution in [2.45, 2.75) is 31.9 Å². The van der Waals surface area contributed by atoms with Gasteiger partial charge < -0.3 is 10.1 Å². The summed E-state index contributed by atoms with van der Waals surface area (Å²) in [5.41, 5.74) is -1.11. The molecule has 1 N–H and O–H groups in total. The molecule has 1 amide bonds. The Morgan fingerprint density at radius 1 is 1.27 bits per heavy atom. The Hall–Kier alpha value is -2.55. The van der Waals surface area contributed by atoms with Crippen LogP contribution in [-0.2, 0) is 4.74 Å². The standard InChI is InChI=1S/C13H15N3O6/c1-8(12-3-2-4-22-12)14-13(17)9-5-10(15(18)19)7-11(6-9)16(20)21/h5-8,12H,2-4H2,1H3,(H,14,17)/t8-,12-/m0/s1. The van der Waals surface area contributed by atoms with Gasteiger partial charge in [0.1, 0.15) is 0 Å². The molecule has 1 heterocycles. The van der Waals surface area contributed by atoms with E-state index in [1.54, 1.807) is 6.92 Å². The number of hydrogen-bond acceptors (Lipinski definition) is 6. The molecule has 0 aliphatic carbocycles. The average Bonchev–Trinajstić information content (AvgIpc) is 3.00. The van der Waals surface area contributed by atoms with Crippen molar-refractivity contribution in [3.63, 3.8) is 0 Å². The van der Waals surface area contributed by atoms with E-state index in [1.807, 2.05) is 0 Å². The van der Waals surface area contributed by atoms with E-state index in [-0.39, 0.29) is 17.7 Å². The molecule has 1 saturated heterocycles. The first-order valence-corrected chi connectivity index (χ1v) is 6.75. The van der Waals surface area contributed by atoms with E-state index in [0.29, 0.717) is 6.61 Å². The third-order valence-electron chi connectivity index (χ3n) is 3.47. The van der Waals surface area contributed by atoms with Crippen molar-refractivity contribution in [3.05, 3.63) is 44.0 Å². The summed E-state index contributed by atoms with van der Waals surface area (Å²) in [7, 11) is 0. The third-order valence-corrected chi connectivity index (χ3v) is 3.47. The Morgan fingerprint density at radius 2 is 1.86 bits per heavy atom. The highest BCUT2D eigenvalue weighted by Crippen LogP contribution is 2.23. The number of carbonyl (C=O) groups excluding carboxylic acids is 1. The normalized spacial score (nSPS) is 18.7. The van der Waals surface area contributed by atoms with Gasteiger partial charge in [-0.2, -0.15) is 0 Å². The maximum atomic E-state index is 12.1. The molecule has 1 aliphatic rings. The SMILES string of the molecule is C[C@H](NC(=O)c1cc([N+](=O)[O-])cc([N+](=O)[O-])c1)[C@@H]1CCCO1. The lowest BCUT2D eigenvalue weighted by molar-refractivity contribution is -0.394. The van der Waals surface area contributed by atoms with Crippen molar-refractivity contribution >= 4 is 17.3 Å². The molecule has 9 nitrogen and oxygen atoms in total. The van der Waals surface area contributed by atoms with Crippen LogP contribution in [0.3, 0.4) is 0 Å². The van der Waals surface area contributed by atoms with Crippen LogP contribution in [0, 0.1) is 20.2 Å². The maximum absolute atomic E-state index is 12.1. The second kappa shape index (κ2) is 6.48. The molecular weight excluding hydrogens is 294 g/mol. The number of benzene rings is 1. The van der Waals surface area contributed by atoms with Crippen LogP contribution in [-0.4, -0.2) is 34.5 Å². The van der Waals surface area contributed by atoms with Gasteiger partial charge in [0, 0.05) is 18.7 Å². The van der Waals surface area contributed by atoms with Crippen LogP contribution in [0.4, 0.5) is 11.4 Å². The zero-order chi connectivity index (χ0) is 16.3. The molecule has 0 aromatic heterocycles. The van der Waals surface area contributed by atoms with Gasteiger partial charge in [0.05, 0.1) is 33.6 Å². The first kappa shape index (κ1) is 15.8. The molecule has 1 aromatic rings. The lowest BCUT2D eigenvalue weighted by atomic mass is 10.1. The number of nitro benzene ring substituents is 2. The molecule has 2 atom stereocenters. The highest BCUT2D eigenvalue weighted by atomic mass is 16.6. The quantitative estimate of drug-likeness (QED) is 0.653. The summed E-state index contributed by atoms with van der Waals surface area (Å²) in [6.45, 7) is 2.40. The molecule has 1 aliphatic heterocycles. The molecule has 0 saturated carbocycles. The van der Waals surface area contributed by atoms with Gasteiger partial charge in [-0.25, -0.2) is 0 Å². The Morgan fingerprint density at radius 3 is 2.32 bits per heavy atom. The molecule has 0 radical (unpaired) electrons. The maximum Gasteiger partial charge on any atom is 0.277 e. The number of amides is 1. The Kier molecular flexibility index (Phi) is 4.66. The zero-order valence-electron chi connectivity index (χ0n) is 11.9. The molecule has 2 rings (SSSR count). The first-order valence-electron chi connectivity index (χ1n) is 6.75. The fourth-order valence-electron chi connectivity index (χ4n) is 2.32. The summed E-state index contributed by atoms with van der Waals surface area (Å²) in [6, 6.07) is 2.57. The topological polar surface area (TPSA) is 125 Å². The smallest absolute Gasteiger partial charge is 0.277 e. The van der Waals surface area contributed by atoms with Crippen molar-refractivity contribution in [2.24, 2.45) is 0 Å². The van der Waals surface area contributed by atoms with E-state index in [9.17, 15) is 25.0 Å². The largest absolute Gasteiger partial charge is 0.376 e. The van der Waals surface area contributed by atoms with E-state index >= 15 is 0 Å². The summed E-state index contributed by atoms with van der Waals surface area (Å²) < 4.78 is 5.44. The molecule has 22 heavy (non-hydrogen) atoms. The molecule has 0 bridgehead atoms. The van der Waals surface area contributed by atoms with Gasteiger partial charge in [-0.3, -0.25) is 25.0 Å². The molecular formula is C13H15N3O6. The van der Waals surface area contributed by atoms with Crippen molar-refractivity contribution in [3.8, 4) is 0 Å². The van der Waals surface area contributed by atoms with E-state index in [4.69, 9.17) is 4.74 Å². The second-order valence-electron chi connectivity index (χ2n) is 5.07. The van der Waals surface area contributed by atoms with Gasteiger partial charge in [0.25, 0.3) is 17.3 Å². The summed E-state index contributed by atoms with van der Waals surface area (Å²) in [5.74, 6) is -0.602. The highest BCUT2D eigenvalue weighted by molar-refractivity contribution is 5.95. The van der Waals surface area contributed by atoms with Gasteiger partial charge in [-0.15, -0.1) is 0 Å². The molecule has 118 valence electrons. The number of hydrogen-bond donors (Lipinski definition) is 1. The van der Waals surface area contributed by atoms with E-state index < -0.39 is 27.1 Å². The fourth-order valence-corrected chi connectivity index (χ4v) is 2.32. The average molecular weight is 309 g/mol. The number of carbonyl (C=O) groups is 1. The van der Waals surface area contributed by atoms with Crippen LogP contribution in [0.25, 0.3) is 0 Å². The highest BCUT2D eigenvalue weighted by Gasteiger charge is 2.25. The fraction of sp³-hybridized carbons (Fsp3) is 0.462. The van der Waals surface area contributed by atoms with Crippen molar-refractivity contribution in [2.75, 3.05) is 6.61 Å². The zero-order valence-corrected chi connectivity index (χ0v) is 11.9. The van der Waals surface area contributed by atoms with E-state index in [2.05, 4.69) is 5.32 Å². The van der Waals surface area contributed by atoms with E-state index in [1.165, 1.54) is 0 Å². The van der Waals surface area contributed by atoms with Gasteiger partial charge >= 0.3 is 0 Å². The molecule has 1 aromatic carbocycles. The number of rotatable bonds is 5. The van der Waals surface area contributed by atoms with Crippen LogP contribution in [0.2, 0.25) is 0 Å². The van der Waals surface area contributed by atoms with Crippen LogP contribution in [0.5, 0.6) is 0 Å². The summed E-state index contributed by atoms with van der Waals surface area (Å²) in [4.78, 5) is 32.2. The molecule has 1 fully saturated rings. The lowest BCUT2D eigenvalue weighted by Crippen LogP contribution is -2.40. The first-order chi connectivity index (χ1) is 10.4. The van der Waals surface area contributed by atoms with Gasteiger partial charge in [0.15, 0.2) is 0 Å².